The molecule has 0 unspecified atom stereocenters. The van der Waals surface area contributed by atoms with Crippen molar-refractivity contribution in [3.05, 3.63) is 41.4 Å². The summed E-state index contributed by atoms with van der Waals surface area (Å²) in [5.41, 5.74) is 6.64. The third kappa shape index (κ3) is 1.72. The average molecular weight is 238 g/mol. The molecule has 3 N–H and O–H groups in total. The number of hydrogen-bond donors (Lipinski definition) is 2. The van der Waals surface area contributed by atoms with Crippen molar-refractivity contribution in [2.24, 2.45) is 0 Å². The molecule has 1 aromatic heterocycles. The molecule has 5 nitrogen and oxygen atoms in total. The van der Waals surface area contributed by atoms with Crippen LogP contribution in [0.15, 0.2) is 30.9 Å². The van der Waals surface area contributed by atoms with Gasteiger partial charge in [0.25, 0.3) is 0 Å². The van der Waals surface area contributed by atoms with E-state index in [0.29, 0.717) is 11.4 Å². The van der Waals surface area contributed by atoms with E-state index in [1.54, 1.807) is 17.0 Å². The predicted molar refractivity (Wildman–Crippen MR) is 59.9 cm³/mol. The Morgan fingerprint density at radius 1 is 1.50 bits per heavy atom. The van der Waals surface area contributed by atoms with Crippen molar-refractivity contribution >= 4 is 23.3 Å². The smallest absolute Gasteiger partial charge is 0.335 e. The van der Waals surface area contributed by atoms with Crippen LogP contribution in [-0.4, -0.2) is 20.6 Å². The summed E-state index contributed by atoms with van der Waals surface area (Å²) >= 11 is 5.98. The molecule has 0 bridgehead atoms. The highest BCUT2D eigenvalue weighted by Gasteiger charge is 2.12. The fourth-order valence-electron chi connectivity index (χ4n) is 1.41. The van der Waals surface area contributed by atoms with Gasteiger partial charge in [0, 0.05) is 12.4 Å². The number of carboxylic acid groups (broad SMARTS) is 1. The molecule has 16 heavy (non-hydrogen) atoms. The predicted octanol–water partition coefficient (Wildman–Crippen LogP) is 1.81. The molecule has 0 spiro atoms. The van der Waals surface area contributed by atoms with Gasteiger partial charge in [0.2, 0.25) is 0 Å². The summed E-state index contributed by atoms with van der Waals surface area (Å²) in [6, 6.07) is 2.72. The largest absolute Gasteiger partial charge is 0.478 e. The van der Waals surface area contributed by atoms with Gasteiger partial charge in [-0.3, -0.25) is 0 Å². The van der Waals surface area contributed by atoms with E-state index in [4.69, 9.17) is 22.4 Å². The molecule has 0 amide bonds. The van der Waals surface area contributed by atoms with Gasteiger partial charge in [-0.05, 0) is 12.1 Å². The molecule has 1 heterocycles. The van der Waals surface area contributed by atoms with Crippen LogP contribution in [0.1, 0.15) is 10.4 Å². The normalized spacial score (nSPS) is 10.3. The van der Waals surface area contributed by atoms with Crippen molar-refractivity contribution in [1.29, 1.82) is 0 Å². The van der Waals surface area contributed by atoms with E-state index < -0.39 is 5.97 Å². The first-order chi connectivity index (χ1) is 7.59. The molecule has 0 fully saturated rings. The van der Waals surface area contributed by atoms with Crippen molar-refractivity contribution < 1.29 is 9.90 Å². The number of hydrogen-bond acceptors (Lipinski definition) is 3. The number of nitrogens with zero attached hydrogens (tertiary/aromatic N) is 2. The zero-order valence-electron chi connectivity index (χ0n) is 8.09. The molecule has 6 heteroatoms. The summed E-state index contributed by atoms with van der Waals surface area (Å²) in [6.45, 7) is 0. The minimum atomic E-state index is -1.06. The van der Waals surface area contributed by atoms with Crippen molar-refractivity contribution in [2.45, 2.75) is 0 Å². The van der Waals surface area contributed by atoms with Crippen LogP contribution in [0, 0.1) is 0 Å². The third-order valence-corrected chi connectivity index (χ3v) is 2.39. The molecule has 0 saturated heterocycles. The van der Waals surface area contributed by atoms with E-state index in [0.717, 1.165) is 0 Å². The first kappa shape index (κ1) is 10.5. The highest BCUT2D eigenvalue weighted by molar-refractivity contribution is 6.33. The van der Waals surface area contributed by atoms with Crippen LogP contribution in [-0.2, 0) is 0 Å². The lowest BCUT2D eigenvalue weighted by atomic mass is 10.1. The quantitative estimate of drug-likeness (QED) is 0.781. The van der Waals surface area contributed by atoms with Gasteiger partial charge < -0.3 is 15.4 Å². The van der Waals surface area contributed by atoms with E-state index in [-0.39, 0.29) is 10.6 Å². The molecular weight excluding hydrogens is 230 g/mol. The second-order valence-electron chi connectivity index (χ2n) is 3.17. The number of anilines is 1. The van der Waals surface area contributed by atoms with Crippen LogP contribution < -0.4 is 5.73 Å². The Bertz CT molecular complexity index is 514. The molecule has 0 aliphatic carbocycles. The highest BCUT2D eigenvalue weighted by Crippen LogP contribution is 2.28. The standard InChI is InChI=1S/C10H8ClN3O2/c11-7-3-6(10(15)16)4-8(12)9(7)14-2-1-13-5-14/h1-5H,12H2,(H,15,16). The number of rotatable bonds is 2. The molecule has 82 valence electrons. The monoisotopic (exact) mass is 237 g/mol. The Labute approximate surface area is 96.1 Å². The van der Waals surface area contributed by atoms with Crippen molar-refractivity contribution in [3.63, 3.8) is 0 Å². The number of nitrogens with two attached hydrogens (primary N) is 1. The van der Waals surface area contributed by atoms with E-state index in [2.05, 4.69) is 4.98 Å². The lowest BCUT2D eigenvalue weighted by molar-refractivity contribution is 0.0697. The van der Waals surface area contributed by atoms with Gasteiger partial charge in [0.15, 0.2) is 0 Å². The van der Waals surface area contributed by atoms with Crippen LogP contribution in [0.25, 0.3) is 5.69 Å². The first-order valence-electron chi connectivity index (χ1n) is 4.40. The molecule has 0 aliphatic heterocycles. The van der Waals surface area contributed by atoms with Crippen molar-refractivity contribution in [3.8, 4) is 5.69 Å². The van der Waals surface area contributed by atoms with Crippen molar-refractivity contribution in [1.82, 2.24) is 9.55 Å². The molecule has 0 aliphatic rings. The Balaban J connectivity index is 2.61. The second kappa shape index (κ2) is 3.86. The average Bonchev–Trinajstić information content (AvgIpc) is 2.69. The van der Waals surface area contributed by atoms with Gasteiger partial charge >= 0.3 is 5.97 Å². The zero-order chi connectivity index (χ0) is 11.7. The highest BCUT2D eigenvalue weighted by atomic mass is 35.5. The van der Waals surface area contributed by atoms with E-state index in [9.17, 15) is 4.79 Å². The first-order valence-corrected chi connectivity index (χ1v) is 4.78. The molecular formula is C10H8ClN3O2. The fraction of sp³-hybridized carbons (Fsp3) is 0. The van der Waals surface area contributed by atoms with Crippen LogP contribution in [0.4, 0.5) is 5.69 Å². The van der Waals surface area contributed by atoms with Gasteiger partial charge in [-0.1, -0.05) is 11.6 Å². The summed E-state index contributed by atoms with van der Waals surface area (Å²) in [4.78, 5) is 14.6. The summed E-state index contributed by atoms with van der Waals surface area (Å²) in [6.07, 6.45) is 4.80. The second-order valence-corrected chi connectivity index (χ2v) is 3.58. The lowest BCUT2D eigenvalue weighted by Crippen LogP contribution is -2.03. The van der Waals surface area contributed by atoms with Crippen LogP contribution >= 0.6 is 11.6 Å². The third-order valence-electron chi connectivity index (χ3n) is 2.10. The van der Waals surface area contributed by atoms with E-state index in [1.165, 1.54) is 18.5 Å². The van der Waals surface area contributed by atoms with Gasteiger partial charge in [-0.25, -0.2) is 9.78 Å². The Morgan fingerprint density at radius 3 is 2.75 bits per heavy atom. The maximum absolute atomic E-state index is 10.8. The molecule has 2 aromatic rings. The lowest BCUT2D eigenvalue weighted by Gasteiger charge is -2.09. The van der Waals surface area contributed by atoms with Gasteiger partial charge in [0.05, 0.1) is 28.3 Å². The van der Waals surface area contributed by atoms with E-state index in [1.807, 2.05) is 0 Å². The molecule has 2 rings (SSSR count). The zero-order valence-corrected chi connectivity index (χ0v) is 8.85. The number of nitrogen functional groups attached to an aromatic ring is 1. The number of carboxylic acids is 1. The summed E-state index contributed by atoms with van der Waals surface area (Å²) in [5.74, 6) is -1.06. The van der Waals surface area contributed by atoms with Gasteiger partial charge in [0.1, 0.15) is 0 Å². The number of imidazole rings is 1. The minimum absolute atomic E-state index is 0.0614. The molecule has 1 aromatic carbocycles. The summed E-state index contributed by atoms with van der Waals surface area (Å²) in [7, 11) is 0. The number of carbonyl (C=O) groups is 1. The maximum atomic E-state index is 10.8. The maximum Gasteiger partial charge on any atom is 0.335 e. The Morgan fingerprint density at radius 2 is 2.25 bits per heavy atom. The number of benzene rings is 1. The molecule has 0 saturated carbocycles. The van der Waals surface area contributed by atoms with Crippen LogP contribution in [0.2, 0.25) is 5.02 Å². The SMILES string of the molecule is Nc1cc(C(=O)O)cc(Cl)c1-n1ccnc1. The topological polar surface area (TPSA) is 81.1 Å². The molecule has 0 atom stereocenters. The summed E-state index contributed by atoms with van der Waals surface area (Å²) in [5, 5.41) is 9.10. The van der Waals surface area contributed by atoms with Crippen LogP contribution in [0.5, 0.6) is 0 Å². The van der Waals surface area contributed by atoms with Gasteiger partial charge in [-0.2, -0.15) is 0 Å². The minimum Gasteiger partial charge on any atom is -0.478 e. The number of aromatic nitrogens is 2. The number of aromatic carboxylic acids is 1. The van der Waals surface area contributed by atoms with Crippen LogP contribution in [0.3, 0.4) is 0 Å². The van der Waals surface area contributed by atoms with Gasteiger partial charge in [-0.15, -0.1) is 0 Å². The molecule has 0 radical (unpaired) electrons. The number of halogens is 1. The van der Waals surface area contributed by atoms with Crippen molar-refractivity contribution in [2.75, 3.05) is 5.73 Å². The van der Waals surface area contributed by atoms with E-state index >= 15 is 0 Å². The fourth-order valence-corrected chi connectivity index (χ4v) is 1.73. The summed E-state index contributed by atoms with van der Waals surface area (Å²) < 4.78 is 1.63. The Kier molecular flexibility index (Phi) is 2.54. The Hall–Kier alpha value is -2.01.